The Kier molecular flexibility index (Phi) is 3.15. The number of ether oxygens (including phenoxy) is 1. The molecule has 0 saturated heterocycles. The number of aromatic nitrogens is 2. The molecule has 3 nitrogen and oxygen atoms in total. The van der Waals surface area contributed by atoms with E-state index in [0.717, 1.165) is 15.0 Å². The maximum absolute atomic E-state index is 5.66. The van der Waals surface area contributed by atoms with Crippen molar-refractivity contribution in [2.45, 2.75) is 6.92 Å². The van der Waals surface area contributed by atoms with Crippen molar-refractivity contribution in [2.24, 2.45) is 0 Å². The van der Waals surface area contributed by atoms with Crippen LogP contribution in [0.2, 0.25) is 0 Å². The molecule has 0 bridgehead atoms. The van der Waals surface area contributed by atoms with Crippen LogP contribution in [0.1, 0.15) is 5.69 Å². The highest BCUT2D eigenvalue weighted by Crippen LogP contribution is 2.25. The van der Waals surface area contributed by atoms with Crippen LogP contribution in [0, 0.1) is 10.5 Å². The average molecular weight is 312 g/mol. The van der Waals surface area contributed by atoms with Crippen molar-refractivity contribution in [2.75, 3.05) is 0 Å². The molecule has 0 unspecified atom stereocenters. The zero-order chi connectivity index (χ0) is 10.7. The number of para-hydroxylation sites is 1. The molecular formula is C11H9IN2O. The summed E-state index contributed by atoms with van der Waals surface area (Å²) in [5.74, 6) is 1.36. The maximum atomic E-state index is 5.66. The Bertz CT molecular complexity index is 430. The Morgan fingerprint density at radius 1 is 1.13 bits per heavy atom. The van der Waals surface area contributed by atoms with Gasteiger partial charge in [0.05, 0.1) is 9.26 Å². The van der Waals surface area contributed by atoms with Crippen LogP contribution in [0.15, 0.2) is 36.7 Å². The fraction of sp³-hybridized carbons (Fsp3) is 0.0909. The minimum atomic E-state index is 0.557. The van der Waals surface area contributed by atoms with E-state index in [0.29, 0.717) is 5.88 Å². The molecule has 1 aromatic carbocycles. The summed E-state index contributed by atoms with van der Waals surface area (Å²) < 4.78 is 6.71. The van der Waals surface area contributed by atoms with E-state index in [4.69, 9.17) is 4.74 Å². The van der Waals surface area contributed by atoms with E-state index >= 15 is 0 Å². The molecule has 2 aromatic rings. The summed E-state index contributed by atoms with van der Waals surface area (Å²) in [4.78, 5) is 8.24. The number of nitrogens with zero attached hydrogens (tertiary/aromatic N) is 2. The second-order valence-electron chi connectivity index (χ2n) is 2.98. The molecule has 2 rings (SSSR count). The Labute approximate surface area is 102 Å². The van der Waals surface area contributed by atoms with Gasteiger partial charge in [-0.2, -0.15) is 0 Å². The lowest BCUT2D eigenvalue weighted by molar-refractivity contribution is 0.452. The van der Waals surface area contributed by atoms with Crippen LogP contribution >= 0.6 is 22.6 Å². The molecule has 0 fully saturated rings. The van der Waals surface area contributed by atoms with Gasteiger partial charge in [0.15, 0.2) is 0 Å². The van der Waals surface area contributed by atoms with Gasteiger partial charge in [0.1, 0.15) is 5.75 Å². The molecule has 0 saturated carbocycles. The summed E-state index contributed by atoms with van der Waals surface area (Å²) in [5.41, 5.74) is 0.789. The van der Waals surface area contributed by atoms with Crippen LogP contribution in [-0.2, 0) is 0 Å². The van der Waals surface area contributed by atoms with Gasteiger partial charge < -0.3 is 4.74 Å². The van der Waals surface area contributed by atoms with Crippen molar-refractivity contribution in [1.29, 1.82) is 0 Å². The number of hydrogen-bond donors (Lipinski definition) is 0. The van der Waals surface area contributed by atoms with Gasteiger partial charge in [-0.25, -0.2) is 4.98 Å². The van der Waals surface area contributed by atoms with Gasteiger partial charge in [0.25, 0.3) is 0 Å². The SMILES string of the molecule is Cc1nccnc1Oc1ccccc1I. The van der Waals surface area contributed by atoms with Gasteiger partial charge in [0.2, 0.25) is 5.88 Å². The molecule has 0 spiro atoms. The molecule has 0 aliphatic rings. The van der Waals surface area contributed by atoms with Crippen LogP contribution in [-0.4, -0.2) is 9.97 Å². The van der Waals surface area contributed by atoms with E-state index in [1.54, 1.807) is 12.4 Å². The van der Waals surface area contributed by atoms with Crippen molar-refractivity contribution in [3.05, 3.63) is 45.9 Å². The lowest BCUT2D eigenvalue weighted by Crippen LogP contribution is -1.94. The summed E-state index contributed by atoms with van der Waals surface area (Å²) in [6, 6.07) is 7.80. The zero-order valence-corrected chi connectivity index (χ0v) is 10.3. The van der Waals surface area contributed by atoms with E-state index in [1.165, 1.54) is 0 Å². The Morgan fingerprint density at radius 2 is 1.87 bits per heavy atom. The standard InChI is InChI=1S/C11H9IN2O/c1-8-11(14-7-6-13-8)15-10-5-3-2-4-9(10)12/h2-7H,1H3. The predicted molar refractivity (Wildman–Crippen MR) is 66.0 cm³/mol. The second-order valence-corrected chi connectivity index (χ2v) is 4.14. The fourth-order valence-electron chi connectivity index (χ4n) is 1.13. The first-order valence-corrected chi connectivity index (χ1v) is 5.55. The topological polar surface area (TPSA) is 35.0 Å². The second kappa shape index (κ2) is 4.57. The van der Waals surface area contributed by atoms with Crippen molar-refractivity contribution in [1.82, 2.24) is 9.97 Å². The Hall–Kier alpha value is -1.17. The number of hydrogen-bond acceptors (Lipinski definition) is 3. The number of benzene rings is 1. The number of rotatable bonds is 2. The third kappa shape index (κ3) is 2.44. The molecule has 0 radical (unpaired) electrons. The van der Waals surface area contributed by atoms with Crippen LogP contribution in [0.25, 0.3) is 0 Å². The molecule has 0 N–H and O–H groups in total. The molecule has 1 aromatic heterocycles. The Balaban J connectivity index is 2.30. The summed E-state index contributed by atoms with van der Waals surface area (Å²) >= 11 is 2.23. The normalized spacial score (nSPS) is 10.0. The Morgan fingerprint density at radius 3 is 2.60 bits per heavy atom. The van der Waals surface area contributed by atoms with Crippen molar-refractivity contribution in [3.8, 4) is 11.6 Å². The van der Waals surface area contributed by atoms with E-state index < -0.39 is 0 Å². The summed E-state index contributed by atoms with van der Waals surface area (Å²) in [6.07, 6.45) is 3.27. The minimum Gasteiger partial charge on any atom is -0.436 e. The zero-order valence-electron chi connectivity index (χ0n) is 8.14. The van der Waals surface area contributed by atoms with Crippen molar-refractivity contribution < 1.29 is 4.74 Å². The minimum absolute atomic E-state index is 0.557. The van der Waals surface area contributed by atoms with Crippen molar-refractivity contribution >= 4 is 22.6 Å². The monoisotopic (exact) mass is 312 g/mol. The highest BCUT2D eigenvalue weighted by atomic mass is 127. The molecule has 15 heavy (non-hydrogen) atoms. The van der Waals surface area contributed by atoms with Crippen LogP contribution in [0.5, 0.6) is 11.6 Å². The molecule has 0 aliphatic carbocycles. The fourth-order valence-corrected chi connectivity index (χ4v) is 1.62. The first-order chi connectivity index (χ1) is 7.27. The average Bonchev–Trinajstić information content (AvgIpc) is 2.24. The third-order valence-electron chi connectivity index (χ3n) is 1.88. The summed E-state index contributed by atoms with van der Waals surface area (Å²) in [6.45, 7) is 1.87. The highest BCUT2D eigenvalue weighted by Gasteiger charge is 2.05. The van der Waals surface area contributed by atoms with Crippen molar-refractivity contribution in [3.63, 3.8) is 0 Å². The quantitative estimate of drug-likeness (QED) is 0.799. The van der Waals surface area contributed by atoms with Gasteiger partial charge in [0, 0.05) is 12.4 Å². The summed E-state index contributed by atoms with van der Waals surface area (Å²) in [5, 5.41) is 0. The third-order valence-corrected chi connectivity index (χ3v) is 2.77. The molecule has 4 heteroatoms. The van der Waals surface area contributed by atoms with Gasteiger partial charge >= 0.3 is 0 Å². The van der Waals surface area contributed by atoms with E-state index in [9.17, 15) is 0 Å². The van der Waals surface area contributed by atoms with Crippen LogP contribution < -0.4 is 4.74 Å². The smallest absolute Gasteiger partial charge is 0.240 e. The molecule has 76 valence electrons. The van der Waals surface area contributed by atoms with Crippen LogP contribution in [0.4, 0.5) is 0 Å². The van der Waals surface area contributed by atoms with E-state index in [2.05, 4.69) is 32.6 Å². The first kappa shape index (κ1) is 10.4. The predicted octanol–water partition coefficient (Wildman–Crippen LogP) is 3.18. The van der Waals surface area contributed by atoms with Crippen LogP contribution in [0.3, 0.4) is 0 Å². The van der Waals surface area contributed by atoms with Gasteiger partial charge in [-0.3, -0.25) is 4.98 Å². The molecule has 0 amide bonds. The molecule has 0 aliphatic heterocycles. The lowest BCUT2D eigenvalue weighted by atomic mass is 10.3. The molecule has 0 atom stereocenters. The first-order valence-electron chi connectivity index (χ1n) is 4.47. The summed E-state index contributed by atoms with van der Waals surface area (Å²) in [7, 11) is 0. The van der Waals surface area contributed by atoms with E-state index in [-0.39, 0.29) is 0 Å². The van der Waals surface area contributed by atoms with E-state index in [1.807, 2.05) is 31.2 Å². The number of aryl methyl sites for hydroxylation is 1. The molecular weight excluding hydrogens is 303 g/mol. The largest absolute Gasteiger partial charge is 0.436 e. The number of halogens is 1. The van der Waals surface area contributed by atoms with Gasteiger partial charge in [-0.05, 0) is 41.6 Å². The lowest BCUT2D eigenvalue weighted by Gasteiger charge is -2.07. The highest BCUT2D eigenvalue weighted by molar-refractivity contribution is 14.1. The van der Waals surface area contributed by atoms with Gasteiger partial charge in [-0.15, -0.1) is 0 Å². The van der Waals surface area contributed by atoms with Gasteiger partial charge in [-0.1, -0.05) is 12.1 Å². The molecule has 1 heterocycles. The maximum Gasteiger partial charge on any atom is 0.240 e.